The van der Waals surface area contributed by atoms with Crippen LogP contribution >= 0.6 is 11.6 Å². The zero-order valence-electron chi connectivity index (χ0n) is 11.1. The Balaban J connectivity index is 2.41. The summed E-state index contributed by atoms with van der Waals surface area (Å²) in [6, 6.07) is 8.71. The van der Waals surface area contributed by atoms with Crippen LogP contribution in [0.2, 0.25) is 5.02 Å². The molecular formula is C14H14ClN3O2. The first kappa shape index (κ1) is 14.1. The van der Waals surface area contributed by atoms with E-state index in [-0.39, 0.29) is 11.7 Å². The van der Waals surface area contributed by atoms with Crippen molar-refractivity contribution in [3.8, 4) is 11.6 Å². The van der Waals surface area contributed by atoms with Crippen LogP contribution in [0, 0.1) is 13.8 Å². The zero-order valence-corrected chi connectivity index (χ0v) is 11.8. The van der Waals surface area contributed by atoms with Gasteiger partial charge >= 0.3 is 0 Å². The van der Waals surface area contributed by atoms with Crippen molar-refractivity contribution >= 4 is 17.4 Å². The average molecular weight is 292 g/mol. The van der Waals surface area contributed by atoms with Gasteiger partial charge in [0.1, 0.15) is 5.75 Å². The second kappa shape index (κ2) is 5.79. The summed E-state index contributed by atoms with van der Waals surface area (Å²) in [5, 5.41) is 12.4. The summed E-state index contributed by atoms with van der Waals surface area (Å²) in [5.74, 6) is 0.803. The van der Waals surface area contributed by atoms with E-state index >= 15 is 0 Å². The highest BCUT2D eigenvalue weighted by atomic mass is 35.5. The molecule has 0 aliphatic carbocycles. The van der Waals surface area contributed by atoms with Gasteiger partial charge in [0.15, 0.2) is 5.84 Å². The van der Waals surface area contributed by atoms with Gasteiger partial charge in [-0.2, -0.15) is 0 Å². The molecule has 0 saturated heterocycles. The van der Waals surface area contributed by atoms with E-state index in [0.29, 0.717) is 16.3 Å². The van der Waals surface area contributed by atoms with Crippen molar-refractivity contribution in [1.82, 2.24) is 4.98 Å². The van der Waals surface area contributed by atoms with Crippen LogP contribution in [0.3, 0.4) is 0 Å². The van der Waals surface area contributed by atoms with Crippen molar-refractivity contribution < 1.29 is 9.94 Å². The summed E-state index contributed by atoms with van der Waals surface area (Å²) in [4.78, 5) is 4.26. The number of aromatic nitrogens is 1. The lowest BCUT2D eigenvalue weighted by atomic mass is 10.2. The van der Waals surface area contributed by atoms with Crippen molar-refractivity contribution in [2.75, 3.05) is 0 Å². The number of amidine groups is 1. The second-order valence-corrected chi connectivity index (χ2v) is 4.71. The van der Waals surface area contributed by atoms with Crippen LogP contribution in [0.25, 0.3) is 0 Å². The lowest BCUT2D eigenvalue weighted by Crippen LogP contribution is -2.15. The SMILES string of the molecule is Cc1ccc(C(N)=NO)c(Oc2ccc(Cl)c(C)c2)n1. The topological polar surface area (TPSA) is 80.7 Å². The van der Waals surface area contributed by atoms with Crippen LogP contribution in [-0.2, 0) is 0 Å². The summed E-state index contributed by atoms with van der Waals surface area (Å²) in [6.07, 6.45) is 0. The third-order valence-electron chi connectivity index (χ3n) is 2.73. The van der Waals surface area contributed by atoms with E-state index in [0.717, 1.165) is 11.3 Å². The number of rotatable bonds is 3. The summed E-state index contributed by atoms with van der Waals surface area (Å²) < 4.78 is 5.71. The highest BCUT2D eigenvalue weighted by Crippen LogP contribution is 2.27. The van der Waals surface area contributed by atoms with Crippen molar-refractivity contribution in [3.63, 3.8) is 0 Å². The maximum absolute atomic E-state index is 8.79. The van der Waals surface area contributed by atoms with Crippen LogP contribution in [0.5, 0.6) is 11.6 Å². The first-order valence-corrected chi connectivity index (χ1v) is 6.28. The van der Waals surface area contributed by atoms with Crippen LogP contribution in [0.15, 0.2) is 35.5 Å². The molecule has 0 amide bonds. The number of hydrogen-bond acceptors (Lipinski definition) is 4. The molecule has 2 aromatic rings. The minimum absolute atomic E-state index is 0.0572. The molecule has 3 N–H and O–H groups in total. The van der Waals surface area contributed by atoms with E-state index < -0.39 is 0 Å². The molecule has 0 unspecified atom stereocenters. The molecule has 20 heavy (non-hydrogen) atoms. The molecule has 1 heterocycles. The molecule has 5 nitrogen and oxygen atoms in total. The quantitative estimate of drug-likeness (QED) is 0.394. The van der Waals surface area contributed by atoms with Crippen LogP contribution < -0.4 is 10.5 Å². The fourth-order valence-corrected chi connectivity index (χ4v) is 1.77. The zero-order chi connectivity index (χ0) is 14.7. The molecule has 1 aromatic heterocycles. The molecule has 0 atom stereocenters. The minimum Gasteiger partial charge on any atom is -0.438 e. The van der Waals surface area contributed by atoms with Crippen LogP contribution in [0.1, 0.15) is 16.8 Å². The second-order valence-electron chi connectivity index (χ2n) is 4.30. The summed E-state index contributed by atoms with van der Waals surface area (Å²) in [7, 11) is 0. The van der Waals surface area contributed by atoms with Gasteiger partial charge in [-0.15, -0.1) is 0 Å². The molecule has 2 rings (SSSR count). The minimum atomic E-state index is -0.0572. The fourth-order valence-electron chi connectivity index (χ4n) is 1.65. The molecule has 0 saturated carbocycles. The van der Waals surface area contributed by atoms with Gasteiger partial charge in [0.25, 0.3) is 0 Å². The number of pyridine rings is 1. The number of oxime groups is 1. The standard InChI is InChI=1S/C14H14ClN3O2/c1-8-7-10(4-6-12(8)15)20-14-11(13(16)18-19)5-3-9(2)17-14/h3-7,19H,1-2H3,(H2,16,18). The Kier molecular flexibility index (Phi) is 4.10. The highest BCUT2D eigenvalue weighted by molar-refractivity contribution is 6.31. The number of nitrogens with two attached hydrogens (primary N) is 1. The van der Waals surface area contributed by atoms with Gasteiger partial charge < -0.3 is 15.7 Å². The largest absolute Gasteiger partial charge is 0.438 e. The summed E-state index contributed by atoms with van der Waals surface area (Å²) in [6.45, 7) is 3.71. The molecule has 0 aliphatic heterocycles. The maximum Gasteiger partial charge on any atom is 0.230 e. The van der Waals surface area contributed by atoms with Gasteiger partial charge in [-0.3, -0.25) is 0 Å². The third-order valence-corrected chi connectivity index (χ3v) is 3.15. The maximum atomic E-state index is 8.79. The molecule has 0 fully saturated rings. The van der Waals surface area contributed by atoms with Gasteiger partial charge in [-0.25, -0.2) is 4.98 Å². The van der Waals surface area contributed by atoms with Gasteiger partial charge in [0.05, 0.1) is 5.56 Å². The Hall–Kier alpha value is -2.27. The predicted octanol–water partition coefficient (Wildman–Crippen LogP) is 3.24. The number of benzene rings is 1. The number of aryl methyl sites for hydroxylation is 2. The lowest BCUT2D eigenvalue weighted by Gasteiger charge is -2.10. The Labute approximate surface area is 121 Å². The molecule has 1 aromatic carbocycles. The molecule has 0 radical (unpaired) electrons. The Morgan fingerprint density at radius 1 is 1.30 bits per heavy atom. The van der Waals surface area contributed by atoms with Gasteiger partial charge in [-0.05, 0) is 49.7 Å². The van der Waals surface area contributed by atoms with Crippen molar-refractivity contribution in [3.05, 3.63) is 52.2 Å². The first-order valence-electron chi connectivity index (χ1n) is 5.91. The molecule has 0 spiro atoms. The number of halogens is 1. The molecule has 0 bridgehead atoms. The Morgan fingerprint density at radius 3 is 2.70 bits per heavy atom. The van der Waals surface area contributed by atoms with E-state index in [2.05, 4.69) is 10.1 Å². The summed E-state index contributed by atoms with van der Waals surface area (Å²) >= 11 is 5.97. The van der Waals surface area contributed by atoms with E-state index in [9.17, 15) is 0 Å². The van der Waals surface area contributed by atoms with E-state index in [1.165, 1.54) is 0 Å². The number of hydrogen-bond donors (Lipinski definition) is 2. The summed E-state index contributed by atoms with van der Waals surface area (Å²) in [5.41, 5.74) is 7.69. The predicted molar refractivity (Wildman–Crippen MR) is 77.7 cm³/mol. The molecule has 0 aliphatic rings. The van der Waals surface area contributed by atoms with E-state index in [4.69, 9.17) is 27.3 Å². The van der Waals surface area contributed by atoms with Crippen molar-refractivity contribution in [1.29, 1.82) is 0 Å². The Morgan fingerprint density at radius 2 is 2.05 bits per heavy atom. The third kappa shape index (κ3) is 3.00. The van der Waals surface area contributed by atoms with Crippen molar-refractivity contribution in [2.24, 2.45) is 10.9 Å². The smallest absolute Gasteiger partial charge is 0.230 e. The molecular weight excluding hydrogens is 278 g/mol. The average Bonchev–Trinajstić information content (AvgIpc) is 2.42. The van der Waals surface area contributed by atoms with Crippen LogP contribution in [-0.4, -0.2) is 16.0 Å². The van der Waals surface area contributed by atoms with E-state index in [1.807, 2.05) is 13.8 Å². The Bertz CT molecular complexity index is 671. The van der Waals surface area contributed by atoms with Crippen molar-refractivity contribution in [2.45, 2.75) is 13.8 Å². The van der Waals surface area contributed by atoms with Gasteiger partial charge in [0, 0.05) is 10.7 Å². The van der Waals surface area contributed by atoms with Gasteiger partial charge in [0.2, 0.25) is 5.88 Å². The number of ether oxygens (including phenoxy) is 1. The highest BCUT2D eigenvalue weighted by Gasteiger charge is 2.12. The fraction of sp³-hybridized carbons (Fsp3) is 0.143. The lowest BCUT2D eigenvalue weighted by molar-refractivity contribution is 0.318. The van der Waals surface area contributed by atoms with E-state index in [1.54, 1.807) is 30.3 Å². The first-order chi connectivity index (χ1) is 9.51. The van der Waals surface area contributed by atoms with Gasteiger partial charge in [-0.1, -0.05) is 16.8 Å². The molecule has 104 valence electrons. The van der Waals surface area contributed by atoms with Crippen LogP contribution in [0.4, 0.5) is 0 Å². The monoisotopic (exact) mass is 291 g/mol. The normalized spacial score (nSPS) is 11.4. The molecule has 6 heteroatoms. The number of nitrogens with zero attached hydrogens (tertiary/aromatic N) is 2.